The molecule has 0 spiro atoms. The normalized spacial score (nSPS) is 12.8. The van der Waals surface area contributed by atoms with Gasteiger partial charge in [0.2, 0.25) is 0 Å². The lowest BCUT2D eigenvalue weighted by molar-refractivity contribution is -0.136. The molecule has 0 saturated carbocycles. The van der Waals surface area contributed by atoms with Gasteiger partial charge in [-0.15, -0.1) is 10.2 Å². The van der Waals surface area contributed by atoms with E-state index < -0.39 is 29.4 Å². The van der Waals surface area contributed by atoms with Gasteiger partial charge < -0.3 is 20.5 Å². The minimum absolute atomic E-state index is 0.0331. The lowest BCUT2D eigenvalue weighted by Crippen LogP contribution is -2.30. The molecule has 3 N–H and O–H groups in total. The Morgan fingerprint density at radius 2 is 1.81 bits per heavy atom. The van der Waals surface area contributed by atoms with E-state index in [2.05, 4.69) is 26.1 Å². The monoisotopic (exact) mass is 444 g/mol. The third-order valence-corrected chi connectivity index (χ3v) is 4.96. The van der Waals surface area contributed by atoms with Gasteiger partial charge in [-0.25, -0.2) is 4.79 Å². The number of rotatable bonds is 5. The molecule has 0 radical (unpaired) electrons. The molecule has 2 aromatic carbocycles. The molecule has 0 unspecified atom stereocenters. The second kappa shape index (κ2) is 8.69. The van der Waals surface area contributed by atoms with Crippen molar-refractivity contribution in [2.45, 2.75) is 32.1 Å². The number of urea groups is 1. The van der Waals surface area contributed by atoms with Crippen molar-refractivity contribution in [3.63, 3.8) is 0 Å². The molecule has 4 rings (SSSR count). The molecule has 8 nitrogen and oxygen atoms in total. The fraction of sp³-hybridized carbons (Fsp3) is 0.238. The number of aryl methyl sites for hydroxylation is 1. The highest BCUT2D eigenvalue weighted by Crippen LogP contribution is 2.36. The number of nitrogens with one attached hydrogen (secondary N) is 3. The Kier molecular flexibility index (Phi) is 5.80. The van der Waals surface area contributed by atoms with Crippen molar-refractivity contribution in [2.75, 3.05) is 10.6 Å². The third-order valence-electron chi connectivity index (χ3n) is 4.96. The highest BCUT2D eigenvalue weighted by molar-refractivity contribution is 6.04. The van der Waals surface area contributed by atoms with Crippen LogP contribution >= 0.6 is 0 Å². The zero-order chi connectivity index (χ0) is 22.7. The number of hydrogen-bond donors (Lipinski definition) is 3. The first-order valence-electron chi connectivity index (χ1n) is 9.85. The number of carbonyl (C=O) groups excluding carboxylic acids is 2. The van der Waals surface area contributed by atoms with Gasteiger partial charge in [-0.2, -0.15) is 13.2 Å². The first kappa shape index (κ1) is 21.3. The summed E-state index contributed by atoms with van der Waals surface area (Å²) in [6.07, 6.45) is -3.00. The number of anilines is 2. The van der Waals surface area contributed by atoms with Gasteiger partial charge in [-0.3, -0.25) is 4.79 Å². The van der Waals surface area contributed by atoms with Crippen LogP contribution in [-0.4, -0.2) is 26.7 Å². The van der Waals surface area contributed by atoms with Crippen LogP contribution in [0.5, 0.6) is 0 Å². The van der Waals surface area contributed by atoms with Crippen LogP contribution in [0.4, 0.5) is 29.3 Å². The summed E-state index contributed by atoms with van der Waals surface area (Å²) in [5.41, 5.74) is -1.25. The molecule has 0 saturated heterocycles. The molecule has 1 aromatic heterocycles. The van der Waals surface area contributed by atoms with Crippen molar-refractivity contribution in [2.24, 2.45) is 0 Å². The summed E-state index contributed by atoms with van der Waals surface area (Å²) in [4.78, 5) is 24.4. The average Bonchev–Trinajstić information content (AvgIpc) is 3.37. The maximum absolute atomic E-state index is 13.6. The first-order chi connectivity index (χ1) is 15.3. The van der Waals surface area contributed by atoms with Crippen molar-refractivity contribution in [1.82, 2.24) is 20.1 Å². The maximum atomic E-state index is 13.6. The molecule has 11 heteroatoms. The Bertz CT molecular complexity index is 1140. The van der Waals surface area contributed by atoms with E-state index in [0.29, 0.717) is 11.4 Å². The Labute approximate surface area is 180 Å². The van der Waals surface area contributed by atoms with E-state index in [0.717, 1.165) is 37.3 Å². The number of benzene rings is 2. The number of halogens is 3. The van der Waals surface area contributed by atoms with Gasteiger partial charge in [-0.1, -0.05) is 18.2 Å². The van der Waals surface area contributed by atoms with Crippen molar-refractivity contribution in [3.05, 3.63) is 71.3 Å². The Hall–Kier alpha value is -3.89. The first-order valence-corrected chi connectivity index (χ1v) is 9.85. The summed E-state index contributed by atoms with van der Waals surface area (Å²) in [6.45, 7) is 0.779. The molecule has 32 heavy (non-hydrogen) atoms. The summed E-state index contributed by atoms with van der Waals surface area (Å²) in [5, 5.41) is 15.2. The van der Waals surface area contributed by atoms with E-state index in [-0.39, 0.29) is 12.2 Å². The molecule has 0 aliphatic carbocycles. The predicted molar refractivity (Wildman–Crippen MR) is 110 cm³/mol. The highest BCUT2D eigenvalue weighted by Gasteiger charge is 2.34. The van der Waals surface area contributed by atoms with Gasteiger partial charge in [0.05, 0.1) is 17.8 Å². The fourth-order valence-corrected chi connectivity index (χ4v) is 3.43. The number of fused-ring (bicyclic) bond motifs is 1. The van der Waals surface area contributed by atoms with Crippen molar-refractivity contribution >= 4 is 23.3 Å². The van der Waals surface area contributed by atoms with Gasteiger partial charge in [0, 0.05) is 24.2 Å². The highest BCUT2D eigenvalue weighted by atomic mass is 19.4. The number of hydrogen-bond acceptors (Lipinski definition) is 4. The van der Waals surface area contributed by atoms with Crippen molar-refractivity contribution in [1.29, 1.82) is 0 Å². The van der Waals surface area contributed by atoms with E-state index in [4.69, 9.17) is 0 Å². The SMILES string of the molecule is O=C(NCc1nnc2n1CCC2)Nc1ccc(NC(=O)c2ccccc2)cc1C(F)(F)F. The van der Waals surface area contributed by atoms with Crippen LogP contribution < -0.4 is 16.0 Å². The Morgan fingerprint density at radius 1 is 1.03 bits per heavy atom. The smallest absolute Gasteiger partial charge is 0.331 e. The topological polar surface area (TPSA) is 101 Å². The lowest BCUT2D eigenvalue weighted by atomic mass is 10.1. The number of nitrogens with zero attached hydrogens (tertiary/aromatic N) is 3. The summed E-state index contributed by atoms with van der Waals surface area (Å²) < 4.78 is 42.7. The van der Waals surface area contributed by atoms with E-state index in [1.807, 2.05) is 4.57 Å². The number of alkyl halides is 3. The van der Waals surface area contributed by atoms with Gasteiger partial charge in [-0.05, 0) is 36.8 Å². The van der Waals surface area contributed by atoms with Crippen LogP contribution in [-0.2, 0) is 25.7 Å². The van der Waals surface area contributed by atoms with Crippen LogP contribution in [0, 0.1) is 0 Å². The molecule has 0 atom stereocenters. The summed E-state index contributed by atoms with van der Waals surface area (Å²) >= 11 is 0. The second-order valence-corrected chi connectivity index (χ2v) is 7.17. The van der Waals surface area contributed by atoms with Gasteiger partial charge in [0.1, 0.15) is 5.82 Å². The van der Waals surface area contributed by atoms with Crippen LogP contribution in [0.1, 0.15) is 34.0 Å². The van der Waals surface area contributed by atoms with Crippen molar-refractivity contribution in [3.8, 4) is 0 Å². The lowest BCUT2D eigenvalue weighted by Gasteiger charge is -2.16. The van der Waals surface area contributed by atoms with Gasteiger partial charge >= 0.3 is 12.2 Å². The molecule has 0 bridgehead atoms. The summed E-state index contributed by atoms with van der Waals surface area (Å²) in [7, 11) is 0. The molecular formula is C21H19F3N6O2. The summed E-state index contributed by atoms with van der Waals surface area (Å²) in [6, 6.07) is 10.5. The maximum Gasteiger partial charge on any atom is 0.418 e. The zero-order valence-corrected chi connectivity index (χ0v) is 16.7. The largest absolute Gasteiger partial charge is 0.418 e. The van der Waals surface area contributed by atoms with Crippen molar-refractivity contribution < 1.29 is 22.8 Å². The van der Waals surface area contributed by atoms with Gasteiger partial charge in [0.25, 0.3) is 5.91 Å². The Balaban J connectivity index is 1.45. The molecule has 1 aliphatic heterocycles. The predicted octanol–water partition coefficient (Wildman–Crippen LogP) is 3.82. The van der Waals surface area contributed by atoms with Crippen LogP contribution in [0.2, 0.25) is 0 Å². The second-order valence-electron chi connectivity index (χ2n) is 7.17. The molecule has 3 amide bonds. The van der Waals surface area contributed by atoms with E-state index in [1.165, 1.54) is 6.07 Å². The van der Waals surface area contributed by atoms with Crippen LogP contribution in [0.25, 0.3) is 0 Å². The minimum atomic E-state index is -4.75. The number of aromatic nitrogens is 3. The van der Waals surface area contributed by atoms with Gasteiger partial charge in [0.15, 0.2) is 5.82 Å². The molecule has 3 aromatic rings. The Morgan fingerprint density at radius 3 is 2.56 bits per heavy atom. The molecule has 166 valence electrons. The summed E-state index contributed by atoms with van der Waals surface area (Å²) in [5.74, 6) is 0.829. The number of carbonyl (C=O) groups is 2. The quantitative estimate of drug-likeness (QED) is 0.557. The average molecular weight is 444 g/mol. The molecule has 1 aliphatic rings. The van der Waals surface area contributed by atoms with E-state index in [1.54, 1.807) is 30.3 Å². The molecule has 0 fully saturated rings. The van der Waals surface area contributed by atoms with E-state index in [9.17, 15) is 22.8 Å². The van der Waals surface area contributed by atoms with Crippen LogP contribution in [0.3, 0.4) is 0 Å². The molecular weight excluding hydrogens is 425 g/mol. The third kappa shape index (κ3) is 4.71. The van der Waals surface area contributed by atoms with Crippen LogP contribution in [0.15, 0.2) is 48.5 Å². The van der Waals surface area contributed by atoms with E-state index >= 15 is 0 Å². The fourth-order valence-electron chi connectivity index (χ4n) is 3.43. The standard InChI is InChI=1S/C21H19F3N6O2/c22-21(23,24)15-11-14(26-19(31)13-5-2-1-3-6-13)8-9-16(15)27-20(32)25-12-18-29-28-17-7-4-10-30(17)18/h1-3,5-6,8-9,11H,4,7,10,12H2,(H,26,31)(H2,25,27,32). The zero-order valence-electron chi connectivity index (χ0n) is 16.7. The minimum Gasteiger partial charge on any atom is -0.331 e. The number of amides is 3. The molecule has 2 heterocycles.